The molecule has 3 fully saturated rings. The number of amides is 2. The lowest BCUT2D eigenvalue weighted by atomic mass is 9.79. The van der Waals surface area contributed by atoms with Crippen LogP contribution in [0.15, 0.2) is 22.8 Å². The molecule has 3 aromatic rings. The monoisotopic (exact) mass is 542 g/mol. The summed E-state index contributed by atoms with van der Waals surface area (Å²) in [5.41, 5.74) is 2.94. The summed E-state index contributed by atoms with van der Waals surface area (Å²) in [6.07, 6.45) is 4.14. The third kappa shape index (κ3) is 5.66. The molecule has 2 aromatic heterocycles. The van der Waals surface area contributed by atoms with Gasteiger partial charge in [0.25, 0.3) is 5.91 Å². The van der Waals surface area contributed by atoms with Crippen molar-refractivity contribution >= 4 is 22.8 Å². The molecule has 1 aliphatic heterocycles. The molecule has 2 aliphatic carbocycles. The summed E-state index contributed by atoms with van der Waals surface area (Å²) >= 11 is 0. The van der Waals surface area contributed by atoms with Gasteiger partial charge in [0.15, 0.2) is 5.69 Å². The number of aromatic amines is 1. The van der Waals surface area contributed by atoms with Gasteiger partial charge in [-0.15, -0.1) is 0 Å². The van der Waals surface area contributed by atoms with Crippen LogP contribution >= 0.6 is 0 Å². The zero-order chi connectivity index (χ0) is 27.1. The van der Waals surface area contributed by atoms with Gasteiger partial charge in [-0.05, 0) is 73.7 Å². The van der Waals surface area contributed by atoms with Crippen LogP contribution in [-0.4, -0.2) is 50.7 Å². The largest absolute Gasteiger partial charge is 0.376 e. The summed E-state index contributed by atoms with van der Waals surface area (Å²) in [6.45, 7) is 2.25. The molecule has 2 saturated carbocycles. The Kier molecular flexibility index (Phi) is 6.82. The lowest BCUT2D eigenvalue weighted by Crippen LogP contribution is -2.40. The normalized spacial score (nSPS) is 22.7. The van der Waals surface area contributed by atoms with Crippen LogP contribution in [-0.2, 0) is 9.53 Å². The predicted octanol–water partition coefficient (Wildman–Crippen LogP) is 4.30. The lowest BCUT2D eigenvalue weighted by Gasteiger charge is -2.34. The highest BCUT2D eigenvalue weighted by atomic mass is 19.3. The van der Waals surface area contributed by atoms with E-state index in [-0.39, 0.29) is 48.9 Å². The highest BCUT2D eigenvalue weighted by molar-refractivity contribution is 5.93. The smallest absolute Gasteiger partial charge is 0.276 e. The predicted molar refractivity (Wildman–Crippen MR) is 135 cm³/mol. The van der Waals surface area contributed by atoms with Gasteiger partial charge in [-0.3, -0.25) is 9.59 Å². The Bertz CT molecular complexity index is 1360. The average molecular weight is 543 g/mol. The Morgan fingerprint density at radius 3 is 2.62 bits per heavy atom. The van der Waals surface area contributed by atoms with Gasteiger partial charge in [-0.25, -0.2) is 18.4 Å². The summed E-state index contributed by atoms with van der Waals surface area (Å²) in [5, 5.41) is 13.5. The van der Waals surface area contributed by atoms with Crippen molar-refractivity contribution in [3.63, 3.8) is 0 Å². The van der Waals surface area contributed by atoms with E-state index in [1.165, 1.54) is 0 Å². The highest BCUT2D eigenvalue weighted by Gasteiger charge is 2.46. The minimum absolute atomic E-state index is 0.114. The molecule has 12 heteroatoms. The molecule has 0 spiro atoms. The Hall–Kier alpha value is -3.41. The number of hydrogen-bond acceptors (Lipinski definition) is 7. The third-order valence-corrected chi connectivity index (χ3v) is 7.98. The second-order valence-corrected chi connectivity index (χ2v) is 11.2. The minimum Gasteiger partial charge on any atom is -0.376 e. The van der Waals surface area contributed by atoms with Crippen molar-refractivity contribution in [2.75, 3.05) is 6.61 Å². The molecular weight excluding hydrogens is 510 g/mol. The number of benzene rings is 1. The van der Waals surface area contributed by atoms with Gasteiger partial charge in [-0.1, -0.05) is 11.2 Å². The van der Waals surface area contributed by atoms with Crippen molar-refractivity contribution in [1.29, 1.82) is 0 Å². The van der Waals surface area contributed by atoms with Crippen LogP contribution in [0.5, 0.6) is 0 Å². The maximum atomic E-state index is 13.2. The quantitative estimate of drug-likeness (QED) is 0.367. The number of carbonyl (C=O) groups excluding carboxylic acids is 2. The number of alkyl halides is 2. The number of nitrogens with zero attached hydrogens (tertiary/aromatic N) is 3. The topological polar surface area (TPSA) is 135 Å². The number of H-pyrrole nitrogens is 1. The maximum Gasteiger partial charge on any atom is 0.276 e. The summed E-state index contributed by atoms with van der Waals surface area (Å²) in [5.74, 6) is -2.62. The molecule has 3 atom stereocenters. The molecule has 2 unspecified atom stereocenters. The molecule has 1 saturated heterocycles. The second kappa shape index (κ2) is 10.3. The van der Waals surface area contributed by atoms with Crippen LogP contribution in [0.25, 0.3) is 11.0 Å². The number of ether oxygens (including phenoxy) is 1. The molecule has 208 valence electrons. The second-order valence-electron chi connectivity index (χ2n) is 11.2. The highest BCUT2D eigenvalue weighted by Crippen LogP contribution is 2.45. The van der Waals surface area contributed by atoms with Gasteiger partial charge in [0.05, 0.1) is 23.2 Å². The van der Waals surface area contributed by atoms with E-state index in [0.29, 0.717) is 24.0 Å². The maximum absolute atomic E-state index is 13.2. The first kappa shape index (κ1) is 25.8. The summed E-state index contributed by atoms with van der Waals surface area (Å²) in [7, 11) is 0. The molecule has 3 heterocycles. The van der Waals surface area contributed by atoms with Gasteiger partial charge < -0.3 is 20.4 Å². The van der Waals surface area contributed by atoms with Gasteiger partial charge >= 0.3 is 0 Å². The number of nitrogens with one attached hydrogen (secondary N) is 3. The number of imidazole rings is 1. The molecule has 2 amide bonds. The van der Waals surface area contributed by atoms with E-state index in [2.05, 4.69) is 25.9 Å². The number of aromatic nitrogens is 4. The van der Waals surface area contributed by atoms with Crippen molar-refractivity contribution in [2.24, 2.45) is 11.8 Å². The fraction of sp³-hybridized carbons (Fsp3) is 0.593. The third-order valence-electron chi connectivity index (χ3n) is 7.98. The molecule has 6 rings (SSSR count). The SMILES string of the molecule is Cc1nonc1C(=O)NC(c1nc2ccc(C(NC(=O)CC3CC(F)(F)C3)C3CC3)cc2[nH]1)[C@H]1CCCCO1. The van der Waals surface area contributed by atoms with E-state index in [1.54, 1.807) is 6.92 Å². The Morgan fingerprint density at radius 1 is 1.13 bits per heavy atom. The number of carbonyl (C=O) groups is 2. The number of aryl methyl sites for hydroxylation is 1. The fourth-order valence-corrected chi connectivity index (χ4v) is 5.73. The first-order valence-corrected chi connectivity index (χ1v) is 13.6. The first-order chi connectivity index (χ1) is 18.8. The zero-order valence-electron chi connectivity index (χ0n) is 21.7. The van der Waals surface area contributed by atoms with Crippen molar-refractivity contribution in [3.05, 3.63) is 41.0 Å². The van der Waals surface area contributed by atoms with Gasteiger partial charge in [0, 0.05) is 25.9 Å². The standard InChI is InChI=1S/C27H32F2N6O4/c1-14-22(35-39-34-14)26(37)33-24(20-4-2-3-9-38-20)25-30-18-8-7-17(11-19(18)31-25)23(16-5-6-16)32-21(36)10-15-12-27(28,29)13-15/h7-8,11,15-16,20,23-24H,2-6,9-10,12-13H2,1H3,(H,30,31)(H,32,36)(H,33,37)/t20-,23?,24?/m1/s1. The number of rotatable bonds is 9. The van der Waals surface area contributed by atoms with Crippen LogP contribution in [0, 0.1) is 18.8 Å². The van der Waals surface area contributed by atoms with Crippen LogP contribution in [0.2, 0.25) is 0 Å². The van der Waals surface area contributed by atoms with Crippen LogP contribution in [0.1, 0.15) is 91.0 Å². The molecule has 10 nitrogen and oxygen atoms in total. The van der Waals surface area contributed by atoms with E-state index in [4.69, 9.17) is 14.3 Å². The Labute approximate surface area is 223 Å². The van der Waals surface area contributed by atoms with E-state index < -0.39 is 17.9 Å². The Morgan fingerprint density at radius 2 is 1.95 bits per heavy atom. The summed E-state index contributed by atoms with van der Waals surface area (Å²) in [4.78, 5) is 33.8. The van der Waals surface area contributed by atoms with Crippen LogP contribution in [0.4, 0.5) is 8.78 Å². The Balaban J connectivity index is 1.22. The van der Waals surface area contributed by atoms with Crippen molar-refractivity contribution in [3.8, 4) is 0 Å². The summed E-state index contributed by atoms with van der Waals surface area (Å²) < 4.78 is 37.1. The van der Waals surface area contributed by atoms with Gasteiger partial charge in [0.2, 0.25) is 11.8 Å². The molecule has 0 radical (unpaired) electrons. The van der Waals surface area contributed by atoms with Crippen molar-refractivity contribution in [2.45, 2.75) is 82.4 Å². The fourth-order valence-electron chi connectivity index (χ4n) is 5.73. The average Bonchev–Trinajstić information content (AvgIpc) is 3.50. The minimum atomic E-state index is -2.63. The number of fused-ring (bicyclic) bond motifs is 1. The van der Waals surface area contributed by atoms with E-state index in [9.17, 15) is 18.4 Å². The van der Waals surface area contributed by atoms with E-state index in [0.717, 1.165) is 48.7 Å². The number of hydrogen-bond donors (Lipinski definition) is 3. The van der Waals surface area contributed by atoms with Crippen LogP contribution in [0.3, 0.4) is 0 Å². The first-order valence-electron chi connectivity index (χ1n) is 13.6. The molecular formula is C27H32F2N6O4. The molecule has 3 N–H and O–H groups in total. The van der Waals surface area contributed by atoms with Gasteiger partial charge in [0.1, 0.15) is 17.6 Å². The van der Waals surface area contributed by atoms with E-state index >= 15 is 0 Å². The van der Waals surface area contributed by atoms with Crippen LogP contribution < -0.4 is 10.6 Å². The lowest BCUT2D eigenvalue weighted by molar-refractivity contribution is -0.134. The molecule has 1 aromatic carbocycles. The van der Waals surface area contributed by atoms with Crippen molar-refractivity contribution in [1.82, 2.24) is 30.9 Å². The van der Waals surface area contributed by atoms with Gasteiger partial charge in [-0.2, -0.15) is 0 Å². The molecule has 3 aliphatic rings. The summed E-state index contributed by atoms with van der Waals surface area (Å²) in [6, 6.07) is 5.09. The molecule has 39 heavy (non-hydrogen) atoms. The molecule has 0 bridgehead atoms. The zero-order valence-corrected chi connectivity index (χ0v) is 21.7. The van der Waals surface area contributed by atoms with Crippen molar-refractivity contribution < 1.29 is 27.7 Å². The number of halogens is 2. The van der Waals surface area contributed by atoms with E-state index in [1.807, 2.05) is 18.2 Å².